The summed E-state index contributed by atoms with van der Waals surface area (Å²) in [5.74, 6) is 0.261. The zero-order valence-corrected chi connectivity index (χ0v) is 15.9. The Kier molecular flexibility index (Phi) is 5.21. The van der Waals surface area contributed by atoms with Gasteiger partial charge < -0.3 is 0 Å². The van der Waals surface area contributed by atoms with Gasteiger partial charge in [-0.1, -0.05) is 6.92 Å². The van der Waals surface area contributed by atoms with Gasteiger partial charge in [0, 0.05) is 29.7 Å². The number of amides is 1. The van der Waals surface area contributed by atoms with E-state index in [1.54, 1.807) is 6.20 Å². The zero-order valence-electron chi connectivity index (χ0n) is 14.2. The molecule has 1 N–H and O–H groups in total. The normalized spacial score (nSPS) is 16.7. The molecule has 0 atom stereocenters. The number of benzene rings is 1. The summed E-state index contributed by atoms with van der Waals surface area (Å²) in [7, 11) is -3.49. The van der Waals surface area contributed by atoms with Gasteiger partial charge in [-0.3, -0.25) is 10.1 Å². The van der Waals surface area contributed by atoms with Gasteiger partial charge in [-0.25, -0.2) is 13.4 Å². The molecule has 1 aromatic heterocycles. The van der Waals surface area contributed by atoms with Crippen molar-refractivity contribution >= 4 is 32.4 Å². The first-order valence-electron chi connectivity index (χ1n) is 8.20. The number of nitrogens with one attached hydrogen (secondary N) is 1. The quantitative estimate of drug-likeness (QED) is 0.885. The van der Waals surface area contributed by atoms with Gasteiger partial charge in [0.05, 0.1) is 4.90 Å². The summed E-state index contributed by atoms with van der Waals surface area (Å²) >= 11 is 1.39. The first kappa shape index (κ1) is 18.0. The molecule has 1 aromatic carbocycles. The number of hydrogen-bond donors (Lipinski definition) is 1. The molecule has 134 valence electrons. The molecular formula is C17H21N3O3S2. The van der Waals surface area contributed by atoms with Crippen molar-refractivity contribution in [3.8, 4) is 0 Å². The number of nitrogens with zero attached hydrogens (tertiary/aromatic N) is 2. The van der Waals surface area contributed by atoms with Gasteiger partial charge >= 0.3 is 0 Å². The molecule has 1 aliphatic heterocycles. The summed E-state index contributed by atoms with van der Waals surface area (Å²) in [4.78, 5) is 17.5. The third kappa shape index (κ3) is 4.08. The first-order valence-corrected chi connectivity index (χ1v) is 10.5. The van der Waals surface area contributed by atoms with E-state index in [0.29, 0.717) is 29.7 Å². The van der Waals surface area contributed by atoms with Crippen molar-refractivity contribution in [3.63, 3.8) is 0 Å². The lowest BCUT2D eigenvalue weighted by Gasteiger charge is -2.29. The van der Waals surface area contributed by atoms with Crippen LogP contribution in [0.4, 0.5) is 5.13 Å². The standard InChI is InChI=1S/C17H21N3O3S2/c1-12-7-9-20(10-8-12)25(22,23)15-5-3-14(4-6-15)16(21)19-17-18-11-13(2)24-17/h3-6,11-12H,7-10H2,1-2H3,(H,18,19,21). The molecule has 0 spiro atoms. The highest BCUT2D eigenvalue weighted by atomic mass is 32.2. The number of aromatic nitrogens is 1. The fourth-order valence-electron chi connectivity index (χ4n) is 2.73. The van der Waals surface area contributed by atoms with Gasteiger partial charge in [0.1, 0.15) is 0 Å². The van der Waals surface area contributed by atoms with E-state index in [2.05, 4.69) is 17.2 Å². The SMILES string of the molecule is Cc1cnc(NC(=O)c2ccc(S(=O)(=O)N3CCC(C)CC3)cc2)s1. The molecule has 1 amide bonds. The molecule has 6 nitrogen and oxygen atoms in total. The Balaban J connectivity index is 1.72. The average molecular weight is 380 g/mol. The van der Waals surface area contributed by atoms with Crippen LogP contribution in [-0.4, -0.2) is 36.7 Å². The predicted molar refractivity (Wildman–Crippen MR) is 98.4 cm³/mol. The maximum Gasteiger partial charge on any atom is 0.257 e. The van der Waals surface area contributed by atoms with Crippen LogP contribution in [0.3, 0.4) is 0 Å². The Morgan fingerprint density at radius 2 is 1.88 bits per heavy atom. The van der Waals surface area contributed by atoms with E-state index in [-0.39, 0.29) is 10.8 Å². The van der Waals surface area contributed by atoms with Gasteiger partial charge in [0.15, 0.2) is 5.13 Å². The molecule has 2 aromatic rings. The summed E-state index contributed by atoms with van der Waals surface area (Å²) in [6.45, 7) is 5.15. The molecule has 0 bridgehead atoms. The van der Waals surface area contributed by atoms with Crippen molar-refractivity contribution in [1.82, 2.24) is 9.29 Å². The highest BCUT2D eigenvalue weighted by molar-refractivity contribution is 7.89. The van der Waals surface area contributed by atoms with Crippen LogP contribution in [0.15, 0.2) is 35.4 Å². The summed E-state index contributed by atoms with van der Waals surface area (Å²) in [6.07, 6.45) is 3.45. The second-order valence-electron chi connectivity index (χ2n) is 6.34. The van der Waals surface area contributed by atoms with Crippen molar-refractivity contribution in [1.29, 1.82) is 0 Å². The largest absolute Gasteiger partial charge is 0.298 e. The van der Waals surface area contributed by atoms with E-state index >= 15 is 0 Å². The van der Waals surface area contributed by atoms with Crippen molar-refractivity contribution in [2.24, 2.45) is 5.92 Å². The smallest absolute Gasteiger partial charge is 0.257 e. The van der Waals surface area contributed by atoms with Crippen molar-refractivity contribution in [2.45, 2.75) is 31.6 Å². The van der Waals surface area contributed by atoms with Gasteiger partial charge in [-0.15, -0.1) is 11.3 Å². The molecule has 2 heterocycles. The number of piperidine rings is 1. The zero-order chi connectivity index (χ0) is 18.0. The molecule has 0 saturated carbocycles. The third-order valence-electron chi connectivity index (χ3n) is 4.34. The van der Waals surface area contributed by atoms with E-state index in [1.807, 2.05) is 6.92 Å². The molecule has 8 heteroatoms. The van der Waals surface area contributed by atoms with Gasteiger partial charge in [-0.2, -0.15) is 4.31 Å². The Hall–Kier alpha value is -1.77. The van der Waals surface area contributed by atoms with Crippen LogP contribution in [0.5, 0.6) is 0 Å². The number of hydrogen-bond acceptors (Lipinski definition) is 5. The monoisotopic (exact) mass is 379 g/mol. The van der Waals surface area contributed by atoms with E-state index in [0.717, 1.165) is 17.7 Å². The summed E-state index contributed by atoms with van der Waals surface area (Å²) < 4.78 is 26.9. The number of aryl methyl sites for hydroxylation is 1. The van der Waals surface area contributed by atoms with Crippen LogP contribution >= 0.6 is 11.3 Å². The summed E-state index contributed by atoms with van der Waals surface area (Å²) in [6, 6.07) is 6.06. The molecule has 0 radical (unpaired) electrons. The Labute approximate surface area is 151 Å². The van der Waals surface area contributed by atoms with Crippen LogP contribution in [-0.2, 0) is 10.0 Å². The first-order chi connectivity index (χ1) is 11.9. The van der Waals surface area contributed by atoms with Gasteiger partial charge in [0.25, 0.3) is 5.91 Å². The Bertz CT molecular complexity index is 852. The van der Waals surface area contributed by atoms with E-state index in [1.165, 1.54) is 39.9 Å². The number of carbonyl (C=O) groups excluding carboxylic acids is 1. The van der Waals surface area contributed by atoms with Crippen LogP contribution in [0.2, 0.25) is 0 Å². The Morgan fingerprint density at radius 1 is 1.24 bits per heavy atom. The minimum Gasteiger partial charge on any atom is -0.298 e. The summed E-state index contributed by atoms with van der Waals surface area (Å²) in [5, 5.41) is 3.24. The average Bonchev–Trinajstić information content (AvgIpc) is 3.00. The molecule has 3 rings (SSSR count). The summed E-state index contributed by atoms with van der Waals surface area (Å²) in [5.41, 5.74) is 0.402. The van der Waals surface area contributed by atoms with Crippen LogP contribution in [0.1, 0.15) is 35.0 Å². The van der Waals surface area contributed by atoms with Crippen molar-refractivity contribution in [2.75, 3.05) is 18.4 Å². The Morgan fingerprint density at radius 3 is 2.44 bits per heavy atom. The number of anilines is 1. The van der Waals surface area contributed by atoms with Crippen LogP contribution in [0.25, 0.3) is 0 Å². The molecule has 0 unspecified atom stereocenters. The van der Waals surface area contributed by atoms with E-state index < -0.39 is 10.0 Å². The van der Waals surface area contributed by atoms with Gasteiger partial charge in [0.2, 0.25) is 10.0 Å². The maximum absolute atomic E-state index is 12.7. The molecule has 0 aliphatic carbocycles. The molecular weight excluding hydrogens is 358 g/mol. The van der Waals surface area contributed by atoms with Crippen LogP contribution < -0.4 is 5.32 Å². The number of sulfonamides is 1. The minimum absolute atomic E-state index is 0.226. The lowest BCUT2D eigenvalue weighted by Crippen LogP contribution is -2.37. The topological polar surface area (TPSA) is 79.4 Å². The second-order valence-corrected chi connectivity index (χ2v) is 9.51. The lowest BCUT2D eigenvalue weighted by atomic mass is 10.0. The van der Waals surface area contributed by atoms with E-state index in [4.69, 9.17) is 0 Å². The number of thiazole rings is 1. The third-order valence-corrected chi connectivity index (χ3v) is 7.08. The van der Waals surface area contributed by atoms with Crippen molar-refractivity contribution in [3.05, 3.63) is 40.9 Å². The fourth-order valence-corrected chi connectivity index (χ4v) is 4.86. The second kappa shape index (κ2) is 7.23. The molecule has 1 aliphatic rings. The lowest BCUT2D eigenvalue weighted by molar-refractivity contribution is 0.102. The van der Waals surface area contributed by atoms with Gasteiger partial charge in [-0.05, 0) is 49.9 Å². The maximum atomic E-state index is 12.7. The highest BCUT2D eigenvalue weighted by Gasteiger charge is 2.28. The fraction of sp³-hybridized carbons (Fsp3) is 0.412. The minimum atomic E-state index is -3.49. The van der Waals surface area contributed by atoms with Crippen LogP contribution in [0, 0.1) is 12.8 Å². The van der Waals surface area contributed by atoms with E-state index in [9.17, 15) is 13.2 Å². The molecule has 25 heavy (non-hydrogen) atoms. The predicted octanol–water partition coefficient (Wildman–Crippen LogP) is 3.12. The molecule has 1 saturated heterocycles. The number of rotatable bonds is 4. The number of carbonyl (C=O) groups is 1. The molecule has 1 fully saturated rings. The highest BCUT2D eigenvalue weighted by Crippen LogP contribution is 2.24. The van der Waals surface area contributed by atoms with Crippen molar-refractivity contribution < 1.29 is 13.2 Å².